The van der Waals surface area contributed by atoms with Crippen LogP contribution >= 0.6 is 31.9 Å². The van der Waals surface area contributed by atoms with Crippen LogP contribution in [0.4, 0.5) is 10.5 Å². The van der Waals surface area contributed by atoms with Crippen molar-refractivity contribution in [3.05, 3.63) is 27.1 Å². The number of ether oxygens (including phenoxy) is 1. The molecule has 0 saturated carbocycles. The summed E-state index contributed by atoms with van der Waals surface area (Å²) in [7, 11) is 0. The predicted octanol–water partition coefficient (Wildman–Crippen LogP) is 4.15. The van der Waals surface area contributed by atoms with Crippen molar-refractivity contribution in [2.24, 2.45) is 0 Å². The van der Waals surface area contributed by atoms with Gasteiger partial charge in [-0.3, -0.25) is 0 Å². The first-order chi connectivity index (χ1) is 8.78. The van der Waals surface area contributed by atoms with E-state index >= 15 is 0 Å². The van der Waals surface area contributed by atoms with Gasteiger partial charge in [-0.25, -0.2) is 4.79 Å². The second-order valence-electron chi connectivity index (χ2n) is 4.98. The number of halogens is 2. The lowest BCUT2D eigenvalue weighted by molar-refractivity contribution is 0.0530. The minimum atomic E-state index is -0.467. The molecule has 0 aliphatic carbocycles. The fourth-order valence-electron chi connectivity index (χ4n) is 1.31. The lowest BCUT2D eigenvalue weighted by Crippen LogP contribution is -2.35. The molecule has 0 bridgehead atoms. The number of benzene rings is 1. The molecule has 106 valence electrons. The van der Waals surface area contributed by atoms with Gasteiger partial charge in [0.05, 0.1) is 0 Å². The van der Waals surface area contributed by atoms with Gasteiger partial charge in [-0.2, -0.15) is 0 Å². The summed E-state index contributed by atoms with van der Waals surface area (Å²) in [5, 5.41) is 5.92. The number of alkyl carbamates (subject to hydrolysis) is 1. The highest BCUT2D eigenvalue weighted by atomic mass is 79.9. The van der Waals surface area contributed by atoms with Crippen LogP contribution in [0.1, 0.15) is 20.8 Å². The monoisotopic (exact) mass is 392 g/mol. The first kappa shape index (κ1) is 16.3. The van der Waals surface area contributed by atoms with Crippen molar-refractivity contribution in [2.45, 2.75) is 26.4 Å². The van der Waals surface area contributed by atoms with Gasteiger partial charge < -0.3 is 15.4 Å². The zero-order valence-corrected chi connectivity index (χ0v) is 14.4. The summed E-state index contributed by atoms with van der Waals surface area (Å²) in [6.45, 7) is 6.62. The topological polar surface area (TPSA) is 50.4 Å². The molecule has 0 aromatic heterocycles. The lowest BCUT2D eigenvalue weighted by atomic mass is 10.2. The fourth-order valence-corrected chi connectivity index (χ4v) is 2.06. The Hall–Kier alpha value is -0.750. The Labute approximate surface area is 130 Å². The summed E-state index contributed by atoms with van der Waals surface area (Å²) < 4.78 is 7.12. The van der Waals surface area contributed by atoms with Crippen LogP contribution in [0, 0.1) is 0 Å². The molecule has 0 saturated heterocycles. The molecule has 0 fully saturated rings. The Balaban J connectivity index is 2.31. The molecule has 1 aromatic rings. The summed E-state index contributed by atoms with van der Waals surface area (Å²) in [5.41, 5.74) is 0.505. The highest BCUT2D eigenvalue weighted by Gasteiger charge is 2.15. The third-order valence-corrected chi connectivity index (χ3v) is 3.22. The zero-order chi connectivity index (χ0) is 14.5. The van der Waals surface area contributed by atoms with Gasteiger partial charge in [0.2, 0.25) is 0 Å². The summed E-state index contributed by atoms with van der Waals surface area (Å²) in [6, 6.07) is 5.87. The SMILES string of the molecule is CC(C)(C)OC(=O)NCCNc1cc(Br)ccc1Br. The molecule has 19 heavy (non-hydrogen) atoms. The molecule has 1 aromatic carbocycles. The number of anilines is 1. The van der Waals surface area contributed by atoms with Crippen molar-refractivity contribution in [3.8, 4) is 0 Å². The van der Waals surface area contributed by atoms with Crippen molar-refractivity contribution in [3.63, 3.8) is 0 Å². The smallest absolute Gasteiger partial charge is 0.407 e. The highest BCUT2D eigenvalue weighted by Crippen LogP contribution is 2.25. The molecule has 0 radical (unpaired) electrons. The Morgan fingerprint density at radius 1 is 1.26 bits per heavy atom. The van der Waals surface area contributed by atoms with E-state index in [1.54, 1.807) is 0 Å². The molecule has 0 aliphatic rings. The number of amides is 1. The maximum Gasteiger partial charge on any atom is 0.407 e. The lowest BCUT2D eigenvalue weighted by Gasteiger charge is -2.19. The Kier molecular flexibility index (Phi) is 6.13. The van der Waals surface area contributed by atoms with Gasteiger partial charge in [0.15, 0.2) is 0 Å². The Bertz CT molecular complexity index is 445. The second kappa shape index (κ2) is 7.14. The van der Waals surface area contributed by atoms with Crippen molar-refractivity contribution in [1.29, 1.82) is 0 Å². The minimum Gasteiger partial charge on any atom is -0.444 e. The van der Waals surface area contributed by atoms with E-state index in [4.69, 9.17) is 4.74 Å². The summed E-state index contributed by atoms with van der Waals surface area (Å²) in [6.07, 6.45) is -0.400. The maximum atomic E-state index is 11.4. The molecular weight excluding hydrogens is 376 g/mol. The second-order valence-corrected chi connectivity index (χ2v) is 6.75. The van der Waals surface area contributed by atoms with Crippen LogP contribution in [0.5, 0.6) is 0 Å². The van der Waals surface area contributed by atoms with E-state index in [1.807, 2.05) is 39.0 Å². The van der Waals surface area contributed by atoms with Gasteiger partial charge in [0, 0.05) is 27.7 Å². The van der Waals surface area contributed by atoms with E-state index in [2.05, 4.69) is 42.5 Å². The number of hydrogen-bond acceptors (Lipinski definition) is 3. The van der Waals surface area contributed by atoms with E-state index in [9.17, 15) is 4.79 Å². The summed E-state index contributed by atoms with van der Waals surface area (Å²) in [4.78, 5) is 11.4. The quantitative estimate of drug-likeness (QED) is 0.755. The molecule has 0 unspecified atom stereocenters. The molecule has 4 nitrogen and oxygen atoms in total. The zero-order valence-electron chi connectivity index (χ0n) is 11.2. The molecule has 0 aliphatic heterocycles. The van der Waals surface area contributed by atoms with E-state index in [-0.39, 0.29) is 0 Å². The third kappa shape index (κ3) is 6.82. The molecular formula is C13H18Br2N2O2. The maximum absolute atomic E-state index is 11.4. The third-order valence-electron chi connectivity index (χ3n) is 2.04. The van der Waals surface area contributed by atoms with Crippen molar-refractivity contribution in [1.82, 2.24) is 5.32 Å². The Morgan fingerprint density at radius 3 is 2.58 bits per heavy atom. The van der Waals surface area contributed by atoms with Crippen LogP contribution in [0.3, 0.4) is 0 Å². The first-order valence-electron chi connectivity index (χ1n) is 5.94. The normalized spacial score (nSPS) is 11.0. The van der Waals surface area contributed by atoms with Crippen molar-refractivity contribution < 1.29 is 9.53 Å². The molecule has 1 rings (SSSR count). The predicted molar refractivity (Wildman–Crippen MR) is 84.6 cm³/mol. The van der Waals surface area contributed by atoms with Gasteiger partial charge in [-0.15, -0.1) is 0 Å². The standard InChI is InChI=1S/C13H18Br2N2O2/c1-13(2,3)19-12(18)17-7-6-16-11-8-9(14)4-5-10(11)15/h4-5,8,16H,6-7H2,1-3H3,(H,17,18). The van der Waals surface area contributed by atoms with Crippen molar-refractivity contribution in [2.75, 3.05) is 18.4 Å². The number of hydrogen-bond donors (Lipinski definition) is 2. The fraction of sp³-hybridized carbons (Fsp3) is 0.462. The first-order valence-corrected chi connectivity index (χ1v) is 7.52. The van der Waals surface area contributed by atoms with Gasteiger partial charge >= 0.3 is 6.09 Å². The van der Waals surface area contributed by atoms with Crippen LogP contribution < -0.4 is 10.6 Å². The van der Waals surface area contributed by atoms with E-state index < -0.39 is 11.7 Å². The molecule has 0 spiro atoms. The molecule has 1 amide bonds. The van der Waals surface area contributed by atoms with Crippen LogP contribution in [0.25, 0.3) is 0 Å². The number of rotatable bonds is 4. The molecule has 0 atom stereocenters. The van der Waals surface area contributed by atoms with Gasteiger partial charge in [0.1, 0.15) is 5.60 Å². The summed E-state index contributed by atoms with van der Waals surface area (Å²) >= 11 is 6.87. The van der Waals surface area contributed by atoms with Gasteiger partial charge in [0.25, 0.3) is 0 Å². The van der Waals surface area contributed by atoms with Crippen LogP contribution in [-0.4, -0.2) is 24.8 Å². The highest BCUT2D eigenvalue weighted by molar-refractivity contribution is 9.11. The van der Waals surface area contributed by atoms with Gasteiger partial charge in [-0.1, -0.05) is 15.9 Å². The largest absolute Gasteiger partial charge is 0.444 e. The summed E-state index contributed by atoms with van der Waals surface area (Å²) in [5.74, 6) is 0. The number of carbonyl (C=O) groups is 1. The van der Waals surface area contributed by atoms with E-state index in [1.165, 1.54) is 0 Å². The molecule has 6 heteroatoms. The van der Waals surface area contributed by atoms with Crippen molar-refractivity contribution >= 4 is 43.6 Å². The van der Waals surface area contributed by atoms with Crippen LogP contribution in [0.2, 0.25) is 0 Å². The number of carbonyl (C=O) groups excluding carboxylic acids is 1. The molecule has 0 heterocycles. The Morgan fingerprint density at radius 2 is 1.95 bits per heavy atom. The van der Waals surface area contributed by atoms with Crippen LogP contribution in [0.15, 0.2) is 27.1 Å². The van der Waals surface area contributed by atoms with Crippen LogP contribution in [-0.2, 0) is 4.74 Å². The van der Waals surface area contributed by atoms with Gasteiger partial charge in [-0.05, 0) is 54.9 Å². The van der Waals surface area contributed by atoms with E-state index in [0.29, 0.717) is 13.1 Å². The number of nitrogens with one attached hydrogen (secondary N) is 2. The van der Waals surface area contributed by atoms with E-state index in [0.717, 1.165) is 14.6 Å². The average molecular weight is 394 g/mol. The minimum absolute atomic E-state index is 0.400. The average Bonchev–Trinajstić information content (AvgIpc) is 2.26. The molecule has 2 N–H and O–H groups in total.